The highest BCUT2D eigenvalue weighted by Gasteiger charge is 2.32. The van der Waals surface area contributed by atoms with E-state index in [2.05, 4.69) is 9.97 Å². The van der Waals surface area contributed by atoms with Crippen LogP contribution in [0, 0.1) is 6.92 Å². The Morgan fingerprint density at radius 1 is 0.978 bits per heavy atom. The highest BCUT2D eigenvalue weighted by molar-refractivity contribution is 7.98. The monoisotopic (exact) mass is 637 g/mol. The number of likely N-dealkylation sites (N-methyl/N-ethyl adjacent to an activating group) is 1. The van der Waals surface area contributed by atoms with E-state index >= 15 is 0 Å². The molecule has 5 aromatic rings. The Morgan fingerprint density at radius 3 is 2.54 bits per heavy atom. The van der Waals surface area contributed by atoms with Crippen molar-refractivity contribution in [2.75, 3.05) is 56.4 Å². The summed E-state index contributed by atoms with van der Waals surface area (Å²) in [6.45, 7) is 4.06. The summed E-state index contributed by atoms with van der Waals surface area (Å²) < 4.78 is 13.1. The lowest BCUT2D eigenvalue weighted by Crippen LogP contribution is -2.44. The SMILES string of the molecule is CSc1ncc2cc(N3CCN(C(=O)OCc4ccccc4)c4c(C)cccc43)c(=O)n(-c3ccc(OCCN(C)C)nc3)c2n1. The first-order chi connectivity index (χ1) is 22.3. The third-order valence-electron chi connectivity index (χ3n) is 7.69. The molecule has 4 heterocycles. The molecule has 0 unspecified atom stereocenters. The van der Waals surface area contributed by atoms with Gasteiger partial charge < -0.3 is 19.3 Å². The number of anilines is 3. The van der Waals surface area contributed by atoms with Gasteiger partial charge in [-0.1, -0.05) is 54.2 Å². The van der Waals surface area contributed by atoms with E-state index in [4.69, 9.17) is 14.5 Å². The summed E-state index contributed by atoms with van der Waals surface area (Å²) in [6, 6.07) is 20.8. The second kappa shape index (κ2) is 13.6. The van der Waals surface area contributed by atoms with Crippen LogP contribution in [0.2, 0.25) is 0 Å². The number of pyridine rings is 2. The van der Waals surface area contributed by atoms with Gasteiger partial charge in [0, 0.05) is 37.3 Å². The third-order valence-corrected chi connectivity index (χ3v) is 8.25. The second-order valence-electron chi connectivity index (χ2n) is 11.1. The molecule has 11 nitrogen and oxygen atoms in total. The zero-order valence-corrected chi connectivity index (χ0v) is 27.0. The smallest absolute Gasteiger partial charge is 0.414 e. The fourth-order valence-corrected chi connectivity index (χ4v) is 5.73. The van der Waals surface area contributed by atoms with Gasteiger partial charge in [-0.15, -0.1) is 0 Å². The highest BCUT2D eigenvalue weighted by atomic mass is 32.2. The maximum Gasteiger partial charge on any atom is 0.414 e. The first-order valence-corrected chi connectivity index (χ1v) is 16.1. The standard InChI is InChI=1S/C34H35N7O4S/c1-23-9-8-12-27-30(23)40(34(43)45-22-24-10-6-5-7-11-24)16-15-39(27)28-19-25-20-36-33(46-4)37-31(25)41(32(28)42)26-13-14-29(35-21-26)44-18-17-38(2)3/h5-14,19-21H,15-18,22H2,1-4H3. The molecule has 2 aromatic carbocycles. The van der Waals surface area contributed by atoms with Crippen molar-refractivity contribution < 1.29 is 14.3 Å². The zero-order valence-electron chi connectivity index (χ0n) is 26.2. The van der Waals surface area contributed by atoms with E-state index in [9.17, 15) is 9.59 Å². The lowest BCUT2D eigenvalue weighted by Gasteiger charge is -2.38. The highest BCUT2D eigenvalue weighted by Crippen LogP contribution is 2.40. The molecule has 6 rings (SSSR count). The van der Waals surface area contributed by atoms with Crippen molar-refractivity contribution >= 4 is 46.0 Å². The van der Waals surface area contributed by atoms with Crippen LogP contribution in [-0.4, -0.2) is 77.1 Å². The van der Waals surface area contributed by atoms with Crippen molar-refractivity contribution in [1.29, 1.82) is 0 Å². The number of aryl methyl sites for hydroxylation is 1. The van der Waals surface area contributed by atoms with Crippen molar-refractivity contribution in [3.8, 4) is 11.6 Å². The van der Waals surface area contributed by atoms with Gasteiger partial charge in [0.05, 0.1) is 23.3 Å². The second-order valence-corrected chi connectivity index (χ2v) is 11.9. The first-order valence-electron chi connectivity index (χ1n) is 14.9. The van der Waals surface area contributed by atoms with E-state index in [1.807, 2.05) is 97.7 Å². The van der Waals surface area contributed by atoms with Crippen molar-refractivity contribution in [3.05, 3.63) is 101 Å². The molecule has 12 heteroatoms. The summed E-state index contributed by atoms with van der Waals surface area (Å²) in [5.41, 5.74) is 4.42. The van der Waals surface area contributed by atoms with Crippen molar-refractivity contribution in [1.82, 2.24) is 24.4 Å². The minimum Gasteiger partial charge on any atom is -0.476 e. The Kier molecular flexibility index (Phi) is 9.18. The molecule has 1 aliphatic rings. The van der Waals surface area contributed by atoms with E-state index < -0.39 is 6.09 Å². The maximum atomic E-state index is 14.5. The van der Waals surface area contributed by atoms with Crippen LogP contribution in [-0.2, 0) is 11.3 Å². The summed E-state index contributed by atoms with van der Waals surface area (Å²) in [4.78, 5) is 47.2. The van der Waals surface area contributed by atoms with Gasteiger partial charge in [-0.3, -0.25) is 14.3 Å². The molecule has 0 fully saturated rings. The third kappa shape index (κ3) is 6.40. The number of thioether (sulfide) groups is 1. The lowest BCUT2D eigenvalue weighted by atomic mass is 10.1. The minimum atomic E-state index is -0.438. The molecule has 1 amide bonds. The number of ether oxygens (including phenoxy) is 2. The molecule has 1 aliphatic heterocycles. The van der Waals surface area contributed by atoms with Gasteiger partial charge in [0.25, 0.3) is 5.56 Å². The number of fused-ring (bicyclic) bond motifs is 2. The molecule has 0 bridgehead atoms. The number of carbonyl (C=O) groups is 1. The molecule has 236 valence electrons. The molecule has 46 heavy (non-hydrogen) atoms. The Hall–Kier alpha value is -4.94. The van der Waals surface area contributed by atoms with Crippen LogP contribution in [0.25, 0.3) is 16.7 Å². The summed E-state index contributed by atoms with van der Waals surface area (Å²) in [7, 11) is 3.96. The number of benzene rings is 2. The van der Waals surface area contributed by atoms with E-state index in [1.54, 1.807) is 27.9 Å². The largest absolute Gasteiger partial charge is 0.476 e. The van der Waals surface area contributed by atoms with Crippen molar-refractivity contribution in [3.63, 3.8) is 0 Å². The molecule has 0 N–H and O–H groups in total. The van der Waals surface area contributed by atoms with Crippen LogP contribution in [0.5, 0.6) is 5.88 Å². The van der Waals surface area contributed by atoms with Crippen molar-refractivity contribution in [2.24, 2.45) is 0 Å². The van der Waals surface area contributed by atoms with Crippen LogP contribution in [0.3, 0.4) is 0 Å². The fourth-order valence-electron chi connectivity index (χ4n) is 5.40. The summed E-state index contributed by atoms with van der Waals surface area (Å²) in [6.07, 6.45) is 4.80. The number of rotatable bonds is 9. The Morgan fingerprint density at radius 2 is 1.80 bits per heavy atom. The number of para-hydroxylation sites is 1. The Bertz CT molecular complexity index is 1920. The van der Waals surface area contributed by atoms with E-state index in [1.165, 1.54) is 11.8 Å². The van der Waals surface area contributed by atoms with Crippen LogP contribution in [0.4, 0.5) is 21.9 Å². The Labute approximate surface area is 271 Å². The summed E-state index contributed by atoms with van der Waals surface area (Å²) >= 11 is 1.40. The van der Waals surface area contributed by atoms with Gasteiger partial charge in [-0.25, -0.2) is 19.7 Å². The van der Waals surface area contributed by atoms with Gasteiger partial charge in [0.2, 0.25) is 5.88 Å². The molecule has 3 aromatic heterocycles. The van der Waals surface area contributed by atoms with Crippen molar-refractivity contribution in [2.45, 2.75) is 18.7 Å². The number of nitrogens with zero attached hydrogens (tertiary/aromatic N) is 7. The zero-order chi connectivity index (χ0) is 32.2. The van der Waals surface area contributed by atoms with Crippen LogP contribution in [0.1, 0.15) is 11.1 Å². The molecule has 0 radical (unpaired) electrons. The van der Waals surface area contributed by atoms with Crippen LogP contribution < -0.4 is 20.1 Å². The lowest BCUT2D eigenvalue weighted by molar-refractivity contribution is 0.147. The normalized spacial score (nSPS) is 12.8. The molecule has 0 saturated carbocycles. The van der Waals surface area contributed by atoms with Gasteiger partial charge in [-0.05, 0) is 56.6 Å². The molecule has 0 spiro atoms. The fraction of sp³-hybridized carbons (Fsp3) is 0.265. The van der Waals surface area contributed by atoms with Gasteiger partial charge >= 0.3 is 6.09 Å². The topological polar surface area (TPSA) is 106 Å². The summed E-state index contributed by atoms with van der Waals surface area (Å²) in [5.74, 6) is 0.471. The molecule has 0 saturated heterocycles. The van der Waals surface area contributed by atoms with E-state index in [-0.39, 0.29) is 12.2 Å². The van der Waals surface area contributed by atoms with Crippen LogP contribution in [0.15, 0.2) is 89.1 Å². The summed E-state index contributed by atoms with van der Waals surface area (Å²) in [5, 5.41) is 1.24. The predicted octanol–water partition coefficient (Wildman–Crippen LogP) is 5.44. The van der Waals surface area contributed by atoms with Crippen LogP contribution >= 0.6 is 11.8 Å². The number of amides is 1. The first kappa shape index (κ1) is 31.1. The predicted molar refractivity (Wildman–Crippen MR) is 181 cm³/mol. The quantitative estimate of drug-likeness (QED) is 0.153. The van der Waals surface area contributed by atoms with E-state index in [0.717, 1.165) is 23.4 Å². The van der Waals surface area contributed by atoms with E-state index in [0.29, 0.717) is 58.8 Å². The number of hydrogen-bond acceptors (Lipinski definition) is 10. The average molecular weight is 638 g/mol. The minimum absolute atomic E-state index is 0.169. The molecular formula is C34H35N7O4S. The molecular weight excluding hydrogens is 602 g/mol. The molecule has 0 aliphatic carbocycles. The number of aromatic nitrogens is 4. The Balaban J connectivity index is 1.39. The van der Waals surface area contributed by atoms with Gasteiger partial charge in [-0.2, -0.15) is 0 Å². The maximum absolute atomic E-state index is 14.5. The average Bonchev–Trinajstić information content (AvgIpc) is 3.07. The molecule has 0 atom stereocenters. The van der Waals surface area contributed by atoms with Gasteiger partial charge in [0.1, 0.15) is 18.9 Å². The number of carbonyl (C=O) groups excluding carboxylic acids is 1. The van der Waals surface area contributed by atoms with Gasteiger partial charge in [0.15, 0.2) is 10.8 Å². The number of hydrogen-bond donors (Lipinski definition) is 0.